The van der Waals surface area contributed by atoms with Gasteiger partial charge in [0.1, 0.15) is 0 Å². The molecule has 0 aromatic heterocycles. The Morgan fingerprint density at radius 1 is 1.47 bits per heavy atom. The number of anilines is 1. The molecule has 4 heteroatoms. The zero-order chi connectivity index (χ0) is 12.3. The van der Waals surface area contributed by atoms with Crippen molar-refractivity contribution >= 4 is 27.5 Å². The minimum atomic E-state index is 0.00681. The number of halogens is 1. The average molecular weight is 297 g/mol. The molecule has 0 saturated heterocycles. The maximum absolute atomic E-state index is 11.6. The quantitative estimate of drug-likeness (QED) is 0.877. The number of hydrogen-bond acceptors (Lipinski definition) is 2. The van der Waals surface area contributed by atoms with Crippen LogP contribution in [0.4, 0.5) is 5.69 Å². The SMILES string of the molecule is CC1(CNCC(=O)Nc2cccc(Br)c2)CC1. The van der Waals surface area contributed by atoms with Gasteiger partial charge in [-0.1, -0.05) is 28.9 Å². The van der Waals surface area contributed by atoms with Gasteiger partial charge in [-0.05, 0) is 36.5 Å². The fraction of sp³-hybridized carbons (Fsp3) is 0.462. The summed E-state index contributed by atoms with van der Waals surface area (Å²) in [6.07, 6.45) is 2.54. The van der Waals surface area contributed by atoms with Crippen molar-refractivity contribution < 1.29 is 4.79 Å². The Kier molecular flexibility index (Phi) is 3.84. The molecule has 1 aliphatic rings. The summed E-state index contributed by atoms with van der Waals surface area (Å²) in [5.74, 6) is 0.00681. The summed E-state index contributed by atoms with van der Waals surface area (Å²) in [4.78, 5) is 11.6. The second-order valence-corrected chi connectivity index (χ2v) is 5.89. The second-order valence-electron chi connectivity index (χ2n) is 4.97. The van der Waals surface area contributed by atoms with E-state index in [0.29, 0.717) is 12.0 Å². The normalized spacial score (nSPS) is 16.6. The minimum absolute atomic E-state index is 0.00681. The molecule has 3 nitrogen and oxygen atoms in total. The van der Waals surface area contributed by atoms with Crippen LogP contribution in [-0.2, 0) is 4.79 Å². The molecule has 1 aliphatic carbocycles. The van der Waals surface area contributed by atoms with E-state index in [0.717, 1.165) is 16.7 Å². The fourth-order valence-electron chi connectivity index (χ4n) is 1.64. The lowest BCUT2D eigenvalue weighted by Crippen LogP contribution is -2.31. The Balaban J connectivity index is 1.73. The van der Waals surface area contributed by atoms with E-state index in [4.69, 9.17) is 0 Å². The number of carbonyl (C=O) groups is 1. The molecular formula is C13H17BrN2O. The Labute approximate surface area is 110 Å². The minimum Gasteiger partial charge on any atom is -0.325 e. The third-order valence-electron chi connectivity index (χ3n) is 3.05. The van der Waals surface area contributed by atoms with Crippen LogP contribution in [0.5, 0.6) is 0 Å². The van der Waals surface area contributed by atoms with Crippen molar-refractivity contribution in [1.29, 1.82) is 0 Å². The zero-order valence-electron chi connectivity index (χ0n) is 9.92. The zero-order valence-corrected chi connectivity index (χ0v) is 11.5. The standard InChI is InChI=1S/C13H17BrN2O/c1-13(5-6-13)9-15-8-12(17)16-11-4-2-3-10(14)7-11/h2-4,7,15H,5-6,8-9H2,1H3,(H,16,17). The third-order valence-corrected chi connectivity index (χ3v) is 3.54. The molecule has 0 bridgehead atoms. The highest BCUT2D eigenvalue weighted by Crippen LogP contribution is 2.43. The summed E-state index contributed by atoms with van der Waals surface area (Å²) >= 11 is 3.37. The van der Waals surface area contributed by atoms with Gasteiger partial charge in [0.15, 0.2) is 0 Å². The van der Waals surface area contributed by atoms with Crippen LogP contribution in [-0.4, -0.2) is 19.0 Å². The summed E-state index contributed by atoms with van der Waals surface area (Å²) in [7, 11) is 0. The van der Waals surface area contributed by atoms with Gasteiger partial charge in [-0.25, -0.2) is 0 Å². The molecule has 2 rings (SSSR count). The smallest absolute Gasteiger partial charge is 0.238 e. The first-order chi connectivity index (χ1) is 8.07. The molecule has 0 atom stereocenters. The molecular weight excluding hydrogens is 280 g/mol. The van der Waals surface area contributed by atoms with Crippen LogP contribution in [0.2, 0.25) is 0 Å². The highest BCUT2D eigenvalue weighted by molar-refractivity contribution is 9.10. The molecule has 0 aliphatic heterocycles. The van der Waals surface area contributed by atoms with Crippen molar-refractivity contribution in [1.82, 2.24) is 5.32 Å². The lowest BCUT2D eigenvalue weighted by atomic mass is 10.1. The van der Waals surface area contributed by atoms with E-state index in [1.165, 1.54) is 12.8 Å². The van der Waals surface area contributed by atoms with E-state index in [1.54, 1.807) is 0 Å². The van der Waals surface area contributed by atoms with Crippen molar-refractivity contribution in [2.75, 3.05) is 18.4 Å². The largest absolute Gasteiger partial charge is 0.325 e. The molecule has 92 valence electrons. The van der Waals surface area contributed by atoms with Gasteiger partial charge in [-0.3, -0.25) is 4.79 Å². The third kappa shape index (κ3) is 4.13. The van der Waals surface area contributed by atoms with E-state index in [1.807, 2.05) is 24.3 Å². The van der Waals surface area contributed by atoms with Crippen LogP contribution >= 0.6 is 15.9 Å². The Hall–Kier alpha value is -0.870. The highest BCUT2D eigenvalue weighted by atomic mass is 79.9. The van der Waals surface area contributed by atoms with Crippen LogP contribution in [0.3, 0.4) is 0 Å². The molecule has 0 radical (unpaired) electrons. The van der Waals surface area contributed by atoms with Gasteiger partial charge >= 0.3 is 0 Å². The summed E-state index contributed by atoms with van der Waals surface area (Å²) < 4.78 is 0.966. The van der Waals surface area contributed by atoms with E-state index in [2.05, 4.69) is 33.5 Å². The number of amides is 1. The van der Waals surface area contributed by atoms with Crippen LogP contribution < -0.4 is 10.6 Å². The van der Waals surface area contributed by atoms with E-state index >= 15 is 0 Å². The molecule has 2 N–H and O–H groups in total. The first-order valence-electron chi connectivity index (χ1n) is 5.84. The number of rotatable bonds is 5. The summed E-state index contributed by atoms with van der Waals surface area (Å²) in [5.41, 5.74) is 1.26. The molecule has 1 amide bonds. The first-order valence-corrected chi connectivity index (χ1v) is 6.63. The average Bonchev–Trinajstić information content (AvgIpc) is 2.96. The molecule has 17 heavy (non-hydrogen) atoms. The second kappa shape index (κ2) is 5.19. The molecule has 0 unspecified atom stereocenters. The van der Waals surface area contributed by atoms with Crippen molar-refractivity contribution in [2.45, 2.75) is 19.8 Å². The molecule has 1 saturated carbocycles. The maximum atomic E-state index is 11.6. The topological polar surface area (TPSA) is 41.1 Å². The van der Waals surface area contributed by atoms with Gasteiger partial charge in [0, 0.05) is 16.7 Å². The highest BCUT2D eigenvalue weighted by Gasteiger charge is 2.36. The first kappa shape index (κ1) is 12.6. The van der Waals surface area contributed by atoms with Crippen LogP contribution in [0.25, 0.3) is 0 Å². The number of hydrogen-bond donors (Lipinski definition) is 2. The predicted octanol–water partition coefficient (Wildman–Crippen LogP) is 2.78. The van der Waals surface area contributed by atoms with Gasteiger partial charge in [-0.2, -0.15) is 0 Å². The van der Waals surface area contributed by atoms with Gasteiger partial charge in [0.05, 0.1) is 6.54 Å². The maximum Gasteiger partial charge on any atom is 0.238 e. The van der Waals surface area contributed by atoms with Gasteiger partial charge < -0.3 is 10.6 Å². The van der Waals surface area contributed by atoms with Crippen molar-refractivity contribution in [3.8, 4) is 0 Å². The molecule has 1 aromatic rings. The predicted molar refractivity (Wildman–Crippen MR) is 73.0 cm³/mol. The molecule has 0 spiro atoms. The lowest BCUT2D eigenvalue weighted by molar-refractivity contribution is -0.115. The summed E-state index contributed by atoms with van der Waals surface area (Å²) in [6, 6.07) is 7.60. The van der Waals surface area contributed by atoms with E-state index in [-0.39, 0.29) is 5.91 Å². The summed E-state index contributed by atoms with van der Waals surface area (Å²) in [5, 5.41) is 6.06. The Morgan fingerprint density at radius 2 is 2.24 bits per heavy atom. The Morgan fingerprint density at radius 3 is 2.88 bits per heavy atom. The number of benzene rings is 1. The van der Waals surface area contributed by atoms with E-state index < -0.39 is 0 Å². The fourth-order valence-corrected chi connectivity index (χ4v) is 2.04. The van der Waals surface area contributed by atoms with E-state index in [9.17, 15) is 4.79 Å². The van der Waals surface area contributed by atoms with Gasteiger partial charge in [-0.15, -0.1) is 0 Å². The van der Waals surface area contributed by atoms with Crippen LogP contribution in [0, 0.1) is 5.41 Å². The number of carbonyl (C=O) groups excluding carboxylic acids is 1. The molecule has 1 fully saturated rings. The van der Waals surface area contributed by atoms with Crippen molar-refractivity contribution in [3.63, 3.8) is 0 Å². The monoisotopic (exact) mass is 296 g/mol. The lowest BCUT2D eigenvalue weighted by Gasteiger charge is -2.10. The van der Waals surface area contributed by atoms with Crippen LogP contribution in [0.15, 0.2) is 28.7 Å². The Bertz CT molecular complexity index is 416. The van der Waals surface area contributed by atoms with Gasteiger partial charge in [0.25, 0.3) is 0 Å². The molecule has 1 aromatic carbocycles. The summed E-state index contributed by atoms with van der Waals surface area (Å²) in [6.45, 7) is 3.55. The van der Waals surface area contributed by atoms with Crippen molar-refractivity contribution in [3.05, 3.63) is 28.7 Å². The van der Waals surface area contributed by atoms with Crippen LogP contribution in [0.1, 0.15) is 19.8 Å². The van der Waals surface area contributed by atoms with Crippen molar-refractivity contribution in [2.24, 2.45) is 5.41 Å². The molecule has 0 heterocycles. The number of nitrogens with one attached hydrogen (secondary N) is 2. The van der Waals surface area contributed by atoms with Gasteiger partial charge in [0.2, 0.25) is 5.91 Å².